The lowest BCUT2D eigenvalue weighted by Gasteiger charge is -2.14. The zero-order valence-corrected chi connectivity index (χ0v) is 14.6. The number of hydrogen-bond donors (Lipinski definition) is 2. The lowest BCUT2D eigenvalue weighted by atomic mass is 10.1. The van der Waals surface area contributed by atoms with Crippen LogP contribution in [0, 0.1) is 13.8 Å². The predicted octanol–water partition coefficient (Wildman–Crippen LogP) is 1.50. The van der Waals surface area contributed by atoms with E-state index in [9.17, 15) is 14.4 Å². The first-order valence-corrected chi connectivity index (χ1v) is 8.23. The highest BCUT2D eigenvalue weighted by Gasteiger charge is 2.28. The summed E-state index contributed by atoms with van der Waals surface area (Å²) in [6.07, 6.45) is 0.539. The first-order valence-electron chi connectivity index (χ1n) is 8.23. The van der Waals surface area contributed by atoms with Crippen molar-refractivity contribution < 1.29 is 14.4 Å². The molecule has 1 aliphatic heterocycles. The van der Waals surface area contributed by atoms with Gasteiger partial charge in [0.1, 0.15) is 0 Å². The number of aromatic nitrogens is 2. The number of carbonyl (C=O) groups is 3. The van der Waals surface area contributed by atoms with Gasteiger partial charge in [-0.15, -0.1) is 0 Å². The van der Waals surface area contributed by atoms with Gasteiger partial charge in [-0.05, 0) is 37.6 Å². The van der Waals surface area contributed by atoms with Crippen LogP contribution < -0.4 is 10.9 Å². The summed E-state index contributed by atoms with van der Waals surface area (Å²) in [6.45, 7) is 3.92. The minimum atomic E-state index is -0.340. The highest BCUT2D eigenvalue weighted by atomic mass is 16.2. The van der Waals surface area contributed by atoms with Crippen LogP contribution in [0.5, 0.6) is 0 Å². The van der Waals surface area contributed by atoms with Gasteiger partial charge in [-0.3, -0.25) is 30.1 Å². The SMILES string of the molecule is Cc1cc(C)nc(NNC(=O)c2ccc(CN3C(=O)CCC3=O)cc2)n1. The topological polar surface area (TPSA) is 104 Å². The van der Waals surface area contributed by atoms with Crippen molar-refractivity contribution in [1.82, 2.24) is 20.3 Å². The van der Waals surface area contributed by atoms with Gasteiger partial charge in [-0.1, -0.05) is 12.1 Å². The highest BCUT2D eigenvalue weighted by Crippen LogP contribution is 2.16. The number of nitrogens with zero attached hydrogens (tertiary/aromatic N) is 3. The van der Waals surface area contributed by atoms with Crippen LogP contribution in [0.4, 0.5) is 5.95 Å². The molecule has 2 N–H and O–H groups in total. The highest BCUT2D eigenvalue weighted by molar-refractivity contribution is 6.01. The molecule has 0 bridgehead atoms. The van der Waals surface area contributed by atoms with Crippen LogP contribution >= 0.6 is 0 Å². The molecule has 1 aliphatic rings. The Hall–Kier alpha value is -3.29. The maximum atomic E-state index is 12.2. The molecule has 26 heavy (non-hydrogen) atoms. The minimum absolute atomic E-state index is 0.158. The summed E-state index contributed by atoms with van der Waals surface area (Å²) >= 11 is 0. The van der Waals surface area contributed by atoms with Crippen LogP contribution in [0.2, 0.25) is 0 Å². The van der Waals surface area contributed by atoms with Crippen molar-refractivity contribution in [3.05, 3.63) is 52.8 Å². The van der Waals surface area contributed by atoms with Crippen LogP contribution in [0.25, 0.3) is 0 Å². The normalized spacial score (nSPS) is 13.8. The molecule has 8 nitrogen and oxygen atoms in total. The van der Waals surface area contributed by atoms with Gasteiger partial charge in [0.05, 0.1) is 6.54 Å². The van der Waals surface area contributed by atoms with E-state index in [1.807, 2.05) is 19.9 Å². The minimum Gasteiger partial charge on any atom is -0.278 e. The lowest BCUT2D eigenvalue weighted by Crippen LogP contribution is -2.30. The Bertz CT molecular complexity index is 827. The number of aryl methyl sites for hydroxylation is 2. The molecule has 134 valence electrons. The number of hydrogen-bond acceptors (Lipinski definition) is 6. The largest absolute Gasteiger partial charge is 0.278 e. The molecular formula is C18H19N5O3. The molecule has 3 rings (SSSR count). The molecule has 1 saturated heterocycles. The second kappa shape index (κ2) is 7.30. The maximum absolute atomic E-state index is 12.2. The molecule has 3 amide bonds. The van der Waals surface area contributed by atoms with Crippen molar-refractivity contribution in [3.63, 3.8) is 0 Å². The van der Waals surface area contributed by atoms with E-state index in [2.05, 4.69) is 20.8 Å². The number of nitrogens with one attached hydrogen (secondary N) is 2. The van der Waals surface area contributed by atoms with E-state index in [0.717, 1.165) is 17.0 Å². The summed E-state index contributed by atoms with van der Waals surface area (Å²) < 4.78 is 0. The quantitative estimate of drug-likeness (QED) is 0.623. The van der Waals surface area contributed by atoms with Crippen molar-refractivity contribution in [2.45, 2.75) is 33.2 Å². The molecule has 2 aromatic rings. The number of imide groups is 1. The standard InChI is InChI=1S/C18H19N5O3/c1-11-9-12(2)20-18(19-11)22-21-17(26)14-5-3-13(4-6-14)10-23-15(24)7-8-16(23)25/h3-6,9H,7-8,10H2,1-2H3,(H,21,26)(H,19,20,22). The summed E-state index contributed by atoms with van der Waals surface area (Å²) in [5.41, 5.74) is 8.05. The number of rotatable bonds is 5. The van der Waals surface area contributed by atoms with Crippen molar-refractivity contribution in [2.24, 2.45) is 0 Å². The fourth-order valence-electron chi connectivity index (χ4n) is 2.71. The van der Waals surface area contributed by atoms with E-state index in [0.29, 0.717) is 11.5 Å². The molecule has 1 aromatic heterocycles. The number of amides is 3. The third-order valence-corrected chi connectivity index (χ3v) is 3.98. The number of carbonyl (C=O) groups excluding carboxylic acids is 3. The van der Waals surface area contributed by atoms with Crippen molar-refractivity contribution >= 4 is 23.7 Å². The number of anilines is 1. The molecule has 0 spiro atoms. The summed E-state index contributed by atoms with van der Waals surface area (Å²) in [7, 11) is 0. The molecule has 0 unspecified atom stereocenters. The predicted molar refractivity (Wildman–Crippen MR) is 93.8 cm³/mol. The number of likely N-dealkylation sites (tertiary alicyclic amines) is 1. The first-order chi connectivity index (χ1) is 12.4. The smallest absolute Gasteiger partial charge is 0.269 e. The average molecular weight is 353 g/mol. The summed E-state index contributed by atoms with van der Waals surface area (Å²) in [5, 5.41) is 0. The summed E-state index contributed by atoms with van der Waals surface area (Å²) in [4.78, 5) is 45.1. The third-order valence-electron chi connectivity index (χ3n) is 3.98. The molecule has 0 atom stereocenters. The molecule has 1 aromatic carbocycles. The Morgan fingerprint density at radius 3 is 2.19 bits per heavy atom. The zero-order valence-electron chi connectivity index (χ0n) is 14.6. The van der Waals surface area contributed by atoms with Crippen molar-refractivity contribution in [2.75, 3.05) is 5.43 Å². The van der Waals surface area contributed by atoms with Crippen molar-refractivity contribution in [3.8, 4) is 0 Å². The molecule has 0 radical (unpaired) electrons. The van der Waals surface area contributed by atoms with Crippen LogP contribution in [-0.2, 0) is 16.1 Å². The van der Waals surface area contributed by atoms with Crippen LogP contribution in [-0.4, -0.2) is 32.6 Å². The van der Waals surface area contributed by atoms with Crippen molar-refractivity contribution in [1.29, 1.82) is 0 Å². The summed E-state index contributed by atoms with van der Waals surface area (Å²) in [6, 6.07) is 8.56. The Kier molecular flexibility index (Phi) is 4.92. The zero-order chi connectivity index (χ0) is 18.7. The second-order valence-electron chi connectivity index (χ2n) is 6.12. The molecule has 1 fully saturated rings. The second-order valence-corrected chi connectivity index (χ2v) is 6.12. The van der Waals surface area contributed by atoms with Gasteiger partial charge in [0, 0.05) is 29.8 Å². The monoisotopic (exact) mass is 353 g/mol. The fourth-order valence-corrected chi connectivity index (χ4v) is 2.71. The van der Waals surface area contributed by atoms with Gasteiger partial charge >= 0.3 is 0 Å². The number of benzene rings is 1. The lowest BCUT2D eigenvalue weighted by molar-refractivity contribution is -0.139. The molecule has 0 saturated carbocycles. The van der Waals surface area contributed by atoms with E-state index in [1.54, 1.807) is 24.3 Å². The van der Waals surface area contributed by atoms with E-state index in [1.165, 1.54) is 4.90 Å². The van der Waals surface area contributed by atoms with E-state index < -0.39 is 0 Å². The Morgan fingerprint density at radius 2 is 1.62 bits per heavy atom. The molecule has 0 aliphatic carbocycles. The van der Waals surface area contributed by atoms with Gasteiger partial charge in [-0.25, -0.2) is 9.97 Å². The van der Waals surface area contributed by atoms with E-state index >= 15 is 0 Å². The van der Waals surface area contributed by atoms with Gasteiger partial charge in [0.25, 0.3) is 5.91 Å². The summed E-state index contributed by atoms with van der Waals surface area (Å²) in [5.74, 6) is -0.338. The first kappa shape index (κ1) is 17.5. The fraction of sp³-hybridized carbons (Fsp3) is 0.278. The van der Waals surface area contributed by atoms with E-state index in [4.69, 9.17) is 0 Å². The van der Waals surface area contributed by atoms with Gasteiger partial charge in [0.15, 0.2) is 0 Å². The Balaban J connectivity index is 1.60. The van der Waals surface area contributed by atoms with Crippen LogP contribution in [0.1, 0.15) is 40.2 Å². The molecule has 8 heteroatoms. The van der Waals surface area contributed by atoms with Gasteiger partial charge < -0.3 is 0 Å². The average Bonchev–Trinajstić information content (AvgIpc) is 2.91. The Labute approximate surface area is 150 Å². The molecular weight excluding hydrogens is 334 g/mol. The van der Waals surface area contributed by atoms with Gasteiger partial charge in [-0.2, -0.15) is 0 Å². The molecule has 2 heterocycles. The third kappa shape index (κ3) is 4.02. The van der Waals surface area contributed by atoms with Crippen LogP contribution in [0.15, 0.2) is 30.3 Å². The Morgan fingerprint density at radius 1 is 1.04 bits per heavy atom. The maximum Gasteiger partial charge on any atom is 0.269 e. The van der Waals surface area contributed by atoms with E-state index in [-0.39, 0.29) is 37.1 Å². The number of hydrazine groups is 1. The van der Waals surface area contributed by atoms with Gasteiger partial charge in [0.2, 0.25) is 17.8 Å². The van der Waals surface area contributed by atoms with Crippen LogP contribution in [0.3, 0.4) is 0 Å².